The van der Waals surface area contributed by atoms with Crippen molar-refractivity contribution in [1.82, 2.24) is 9.80 Å². The Labute approximate surface area is 140 Å². The summed E-state index contributed by atoms with van der Waals surface area (Å²) in [5.41, 5.74) is 0.174. The number of hydrogen-bond donors (Lipinski definition) is 0. The fraction of sp³-hybridized carbons (Fsp3) is 0.588. The van der Waals surface area contributed by atoms with Gasteiger partial charge in [-0.15, -0.1) is 0 Å². The summed E-state index contributed by atoms with van der Waals surface area (Å²) in [6.45, 7) is 4.74. The van der Waals surface area contributed by atoms with Gasteiger partial charge in [0.2, 0.25) is 0 Å². The van der Waals surface area contributed by atoms with Crippen molar-refractivity contribution in [2.75, 3.05) is 53.0 Å². The van der Waals surface area contributed by atoms with Gasteiger partial charge in [-0.25, -0.2) is 8.78 Å². The SMILES string of the molecule is COCCN1CCC2(C1)CN(C(=O)COc1cc(F)ccc1F)C2. The molecule has 0 atom stereocenters. The number of rotatable bonds is 6. The Morgan fingerprint density at radius 1 is 1.29 bits per heavy atom. The Morgan fingerprint density at radius 2 is 2.08 bits per heavy atom. The molecule has 5 nitrogen and oxygen atoms in total. The van der Waals surface area contributed by atoms with Crippen LogP contribution >= 0.6 is 0 Å². The van der Waals surface area contributed by atoms with E-state index in [9.17, 15) is 13.6 Å². The molecule has 0 bridgehead atoms. The first kappa shape index (κ1) is 17.1. The molecule has 2 heterocycles. The number of hydrogen-bond acceptors (Lipinski definition) is 4. The van der Waals surface area contributed by atoms with E-state index in [2.05, 4.69) is 4.90 Å². The van der Waals surface area contributed by atoms with E-state index >= 15 is 0 Å². The number of likely N-dealkylation sites (tertiary alicyclic amines) is 2. The Kier molecular flexibility index (Phi) is 5.01. The van der Waals surface area contributed by atoms with Gasteiger partial charge in [0.05, 0.1) is 6.61 Å². The molecular weight excluding hydrogens is 318 g/mol. The highest BCUT2D eigenvalue weighted by atomic mass is 19.1. The number of amides is 1. The van der Waals surface area contributed by atoms with E-state index in [-0.39, 0.29) is 23.7 Å². The lowest BCUT2D eigenvalue weighted by Gasteiger charge is -2.48. The van der Waals surface area contributed by atoms with Gasteiger partial charge in [0, 0.05) is 44.8 Å². The van der Waals surface area contributed by atoms with Gasteiger partial charge in [0.1, 0.15) is 5.82 Å². The molecule has 2 fully saturated rings. The maximum atomic E-state index is 13.5. The normalized spacial score (nSPS) is 19.5. The van der Waals surface area contributed by atoms with Crippen molar-refractivity contribution in [3.8, 4) is 5.75 Å². The van der Waals surface area contributed by atoms with Crippen LogP contribution in [0.25, 0.3) is 0 Å². The minimum atomic E-state index is -0.672. The summed E-state index contributed by atoms with van der Waals surface area (Å²) >= 11 is 0. The van der Waals surface area contributed by atoms with Gasteiger partial charge in [0.25, 0.3) is 5.91 Å². The second-order valence-electron chi connectivity index (χ2n) is 6.63. The molecule has 2 aliphatic rings. The zero-order chi connectivity index (χ0) is 17.2. The van der Waals surface area contributed by atoms with Gasteiger partial charge in [-0.05, 0) is 25.1 Å². The van der Waals surface area contributed by atoms with Crippen LogP contribution in [0.1, 0.15) is 6.42 Å². The van der Waals surface area contributed by atoms with Crippen molar-refractivity contribution < 1.29 is 23.0 Å². The minimum absolute atomic E-state index is 0.174. The summed E-state index contributed by atoms with van der Waals surface area (Å²) in [4.78, 5) is 16.2. The predicted octanol–water partition coefficient (Wildman–Crippen LogP) is 1.52. The first-order chi connectivity index (χ1) is 11.5. The molecule has 1 amide bonds. The van der Waals surface area contributed by atoms with Crippen LogP contribution < -0.4 is 4.74 Å². The van der Waals surface area contributed by atoms with Gasteiger partial charge in [0.15, 0.2) is 18.2 Å². The third-order valence-corrected chi connectivity index (χ3v) is 4.78. The van der Waals surface area contributed by atoms with Crippen LogP contribution in [0.2, 0.25) is 0 Å². The molecule has 0 unspecified atom stereocenters. The lowest BCUT2D eigenvalue weighted by Crippen LogP contribution is -2.60. The van der Waals surface area contributed by atoms with E-state index in [4.69, 9.17) is 9.47 Å². The molecular formula is C17H22F2N2O3. The van der Waals surface area contributed by atoms with Crippen molar-refractivity contribution in [1.29, 1.82) is 0 Å². The molecule has 1 aromatic rings. The first-order valence-corrected chi connectivity index (χ1v) is 8.08. The van der Waals surface area contributed by atoms with Crippen LogP contribution in [0.4, 0.5) is 8.78 Å². The second kappa shape index (κ2) is 7.03. The zero-order valence-corrected chi connectivity index (χ0v) is 13.8. The summed E-state index contributed by atoms with van der Waals surface area (Å²) in [5, 5.41) is 0. The summed E-state index contributed by atoms with van der Waals surface area (Å²) in [7, 11) is 1.69. The number of benzene rings is 1. The maximum absolute atomic E-state index is 13.5. The van der Waals surface area contributed by atoms with E-state index in [1.165, 1.54) is 0 Å². The van der Waals surface area contributed by atoms with Crippen LogP contribution in [0.5, 0.6) is 5.75 Å². The average molecular weight is 340 g/mol. The van der Waals surface area contributed by atoms with Crippen molar-refractivity contribution in [3.63, 3.8) is 0 Å². The lowest BCUT2D eigenvalue weighted by atomic mass is 9.79. The van der Waals surface area contributed by atoms with Crippen molar-refractivity contribution in [2.45, 2.75) is 6.42 Å². The van der Waals surface area contributed by atoms with E-state index in [1.54, 1.807) is 12.0 Å². The number of methoxy groups -OCH3 is 1. The van der Waals surface area contributed by atoms with Gasteiger partial charge >= 0.3 is 0 Å². The van der Waals surface area contributed by atoms with Crippen LogP contribution in [0.15, 0.2) is 18.2 Å². The Morgan fingerprint density at radius 3 is 2.83 bits per heavy atom. The topological polar surface area (TPSA) is 42.0 Å². The standard InChI is InChI=1S/C17H22F2N2O3/c1-23-7-6-20-5-4-17(10-20)11-21(12-17)16(22)9-24-15-8-13(18)2-3-14(15)19/h2-3,8H,4-7,9-12H2,1H3. The molecule has 0 radical (unpaired) electrons. The highest BCUT2D eigenvalue weighted by molar-refractivity contribution is 5.78. The zero-order valence-electron chi connectivity index (χ0n) is 13.8. The molecule has 0 saturated carbocycles. The van der Waals surface area contributed by atoms with Crippen LogP contribution in [0.3, 0.4) is 0 Å². The van der Waals surface area contributed by atoms with Crippen LogP contribution in [0, 0.1) is 17.0 Å². The highest BCUT2D eigenvalue weighted by Crippen LogP contribution is 2.39. The van der Waals surface area contributed by atoms with Gasteiger partial charge in [-0.1, -0.05) is 0 Å². The Hall–Kier alpha value is -1.73. The number of carbonyl (C=O) groups excluding carboxylic acids is 1. The van der Waals surface area contributed by atoms with Crippen molar-refractivity contribution >= 4 is 5.91 Å². The summed E-state index contributed by atoms with van der Waals surface area (Å²) in [6.07, 6.45) is 1.07. The number of ether oxygens (including phenoxy) is 2. The average Bonchev–Trinajstić information content (AvgIpc) is 2.96. The molecule has 0 N–H and O–H groups in total. The van der Waals surface area contributed by atoms with Crippen LogP contribution in [-0.4, -0.2) is 68.8 Å². The summed E-state index contributed by atoms with van der Waals surface area (Å²) in [6, 6.07) is 2.95. The summed E-state index contributed by atoms with van der Waals surface area (Å²) in [5.74, 6) is -1.69. The Bertz CT molecular complexity index is 605. The molecule has 1 aromatic carbocycles. The fourth-order valence-corrected chi connectivity index (χ4v) is 3.46. The second-order valence-corrected chi connectivity index (χ2v) is 6.63. The Balaban J connectivity index is 1.44. The predicted molar refractivity (Wildman–Crippen MR) is 83.8 cm³/mol. The third-order valence-electron chi connectivity index (χ3n) is 4.78. The van der Waals surface area contributed by atoms with E-state index in [0.717, 1.165) is 44.3 Å². The van der Waals surface area contributed by atoms with Gasteiger partial charge in [-0.3, -0.25) is 4.79 Å². The van der Waals surface area contributed by atoms with Crippen LogP contribution in [-0.2, 0) is 9.53 Å². The van der Waals surface area contributed by atoms with Crippen molar-refractivity contribution in [2.24, 2.45) is 5.41 Å². The van der Waals surface area contributed by atoms with E-state index in [1.807, 2.05) is 0 Å². The van der Waals surface area contributed by atoms with Crippen molar-refractivity contribution in [3.05, 3.63) is 29.8 Å². The largest absolute Gasteiger partial charge is 0.481 e. The van der Waals surface area contributed by atoms with E-state index in [0.29, 0.717) is 19.7 Å². The smallest absolute Gasteiger partial charge is 0.260 e. The molecule has 0 aromatic heterocycles. The van der Waals surface area contributed by atoms with Gasteiger partial charge < -0.3 is 19.3 Å². The molecule has 3 rings (SSSR count). The summed E-state index contributed by atoms with van der Waals surface area (Å²) < 4.78 is 36.8. The molecule has 0 aliphatic carbocycles. The number of halogens is 2. The quantitative estimate of drug-likeness (QED) is 0.788. The van der Waals surface area contributed by atoms with E-state index < -0.39 is 11.6 Å². The first-order valence-electron chi connectivity index (χ1n) is 8.08. The molecule has 132 valence electrons. The number of carbonyl (C=O) groups is 1. The lowest BCUT2D eigenvalue weighted by molar-refractivity contribution is -0.145. The molecule has 2 saturated heterocycles. The maximum Gasteiger partial charge on any atom is 0.260 e. The molecule has 1 spiro atoms. The fourth-order valence-electron chi connectivity index (χ4n) is 3.46. The molecule has 7 heteroatoms. The molecule has 2 aliphatic heterocycles. The highest BCUT2D eigenvalue weighted by Gasteiger charge is 2.48. The molecule has 24 heavy (non-hydrogen) atoms. The van der Waals surface area contributed by atoms with Gasteiger partial charge in [-0.2, -0.15) is 0 Å². The third kappa shape index (κ3) is 3.67. The minimum Gasteiger partial charge on any atom is -0.481 e. The monoisotopic (exact) mass is 340 g/mol. The number of nitrogens with zero attached hydrogens (tertiary/aromatic N) is 2.